The van der Waals surface area contributed by atoms with Crippen molar-refractivity contribution >= 4 is 6.03 Å². The fourth-order valence-corrected chi connectivity index (χ4v) is 1.89. The van der Waals surface area contributed by atoms with E-state index in [2.05, 4.69) is 5.32 Å². The number of hydrogen-bond acceptors (Lipinski definition) is 2. The maximum absolute atomic E-state index is 11.8. The Morgan fingerprint density at radius 2 is 1.88 bits per heavy atom. The number of hydrogen-bond donors (Lipinski definition) is 3. The molecule has 2 unspecified atom stereocenters. The molecule has 0 aromatic rings. The van der Waals surface area contributed by atoms with Gasteiger partial charge in [-0.3, -0.25) is 0 Å². The van der Waals surface area contributed by atoms with Crippen LogP contribution in [-0.2, 0) is 0 Å². The van der Waals surface area contributed by atoms with Gasteiger partial charge in [-0.1, -0.05) is 12.8 Å². The van der Waals surface area contributed by atoms with E-state index in [0.29, 0.717) is 6.42 Å². The molecule has 100 valence electrons. The Bertz CT molecular complexity index is 258. The van der Waals surface area contributed by atoms with Crippen LogP contribution in [0.25, 0.3) is 0 Å². The maximum atomic E-state index is 11.8. The van der Waals surface area contributed by atoms with Crippen molar-refractivity contribution in [3.63, 3.8) is 0 Å². The van der Waals surface area contributed by atoms with E-state index in [1.165, 1.54) is 0 Å². The van der Waals surface area contributed by atoms with Crippen LogP contribution >= 0.6 is 0 Å². The highest BCUT2D eigenvalue weighted by Crippen LogP contribution is 2.23. The van der Waals surface area contributed by atoms with Gasteiger partial charge in [0, 0.05) is 12.5 Å². The zero-order valence-electron chi connectivity index (χ0n) is 9.39. The Morgan fingerprint density at radius 3 is 2.47 bits per heavy atom. The van der Waals surface area contributed by atoms with E-state index in [4.69, 9.17) is 0 Å². The molecule has 0 bridgehead atoms. The van der Waals surface area contributed by atoms with Crippen LogP contribution in [0.2, 0.25) is 0 Å². The first kappa shape index (κ1) is 14.1. The summed E-state index contributed by atoms with van der Waals surface area (Å²) in [6, 6.07) is -0.847. The summed E-state index contributed by atoms with van der Waals surface area (Å²) in [5.74, 6) is -0.0552. The molecule has 1 rings (SSSR count). The van der Waals surface area contributed by atoms with Gasteiger partial charge in [0.15, 0.2) is 0 Å². The number of urea groups is 1. The van der Waals surface area contributed by atoms with Gasteiger partial charge in [0.1, 0.15) is 6.54 Å². The summed E-state index contributed by atoms with van der Waals surface area (Å²) in [6.45, 7) is -1.13. The van der Waals surface area contributed by atoms with Gasteiger partial charge < -0.3 is 15.7 Å². The van der Waals surface area contributed by atoms with Gasteiger partial charge in [0.2, 0.25) is 0 Å². The van der Waals surface area contributed by atoms with Crippen molar-refractivity contribution < 1.29 is 23.1 Å². The molecule has 0 radical (unpaired) electrons. The molecule has 0 aliphatic heterocycles. The third kappa shape index (κ3) is 5.76. The molecular formula is C10H17F3N2O2. The van der Waals surface area contributed by atoms with E-state index < -0.39 is 24.9 Å². The average Bonchev–Trinajstić information content (AvgIpc) is 2.24. The molecule has 0 saturated heterocycles. The molecule has 0 spiro atoms. The van der Waals surface area contributed by atoms with Crippen LogP contribution in [0.3, 0.4) is 0 Å². The van der Waals surface area contributed by atoms with Crippen LogP contribution in [-0.4, -0.2) is 36.5 Å². The number of aliphatic hydroxyl groups is 1. The summed E-state index contributed by atoms with van der Waals surface area (Å²) < 4.78 is 35.4. The topological polar surface area (TPSA) is 61.4 Å². The molecule has 2 amide bonds. The van der Waals surface area contributed by atoms with Crippen molar-refractivity contribution in [2.45, 2.75) is 38.0 Å². The molecule has 7 heteroatoms. The van der Waals surface area contributed by atoms with Gasteiger partial charge in [-0.2, -0.15) is 13.2 Å². The smallest absolute Gasteiger partial charge is 0.393 e. The van der Waals surface area contributed by atoms with Crippen LogP contribution in [0.4, 0.5) is 18.0 Å². The monoisotopic (exact) mass is 254 g/mol. The second-order valence-corrected chi connectivity index (χ2v) is 4.29. The van der Waals surface area contributed by atoms with Crippen LogP contribution in [0.1, 0.15) is 25.7 Å². The van der Waals surface area contributed by atoms with E-state index in [1.54, 1.807) is 5.32 Å². The molecular weight excluding hydrogens is 237 g/mol. The lowest BCUT2D eigenvalue weighted by molar-refractivity contribution is -0.122. The number of amides is 2. The minimum absolute atomic E-state index is 0.0552. The fraction of sp³-hybridized carbons (Fsp3) is 0.900. The van der Waals surface area contributed by atoms with Crippen LogP contribution < -0.4 is 10.6 Å². The van der Waals surface area contributed by atoms with E-state index in [0.717, 1.165) is 19.3 Å². The van der Waals surface area contributed by atoms with Crippen LogP contribution in [0.5, 0.6) is 0 Å². The fourth-order valence-electron chi connectivity index (χ4n) is 1.89. The number of carbonyl (C=O) groups is 1. The summed E-state index contributed by atoms with van der Waals surface area (Å²) in [5, 5.41) is 13.7. The zero-order valence-corrected chi connectivity index (χ0v) is 9.39. The summed E-state index contributed by atoms with van der Waals surface area (Å²) in [6.07, 6.45) is -1.45. The van der Waals surface area contributed by atoms with Gasteiger partial charge >= 0.3 is 12.2 Å². The minimum atomic E-state index is -4.40. The summed E-state index contributed by atoms with van der Waals surface area (Å²) >= 11 is 0. The second kappa shape index (κ2) is 6.09. The van der Waals surface area contributed by atoms with Crippen molar-refractivity contribution in [2.75, 3.05) is 13.1 Å². The molecule has 1 aliphatic carbocycles. The predicted octanol–water partition coefficient (Wildman–Crippen LogP) is 1.40. The highest BCUT2D eigenvalue weighted by atomic mass is 19.4. The number of nitrogens with one attached hydrogen (secondary N) is 2. The third-order valence-electron chi connectivity index (χ3n) is 2.84. The number of aliphatic hydroxyl groups excluding tert-OH is 1. The predicted molar refractivity (Wildman–Crippen MR) is 55.4 cm³/mol. The Hall–Kier alpha value is -0.980. The molecule has 0 aromatic carbocycles. The van der Waals surface area contributed by atoms with Gasteiger partial charge in [-0.25, -0.2) is 4.79 Å². The molecule has 4 nitrogen and oxygen atoms in total. The highest BCUT2D eigenvalue weighted by Gasteiger charge is 2.28. The van der Waals surface area contributed by atoms with Crippen LogP contribution in [0, 0.1) is 5.92 Å². The van der Waals surface area contributed by atoms with Gasteiger partial charge in [-0.05, 0) is 12.8 Å². The summed E-state index contributed by atoms with van der Waals surface area (Å²) in [5.41, 5.74) is 0. The largest absolute Gasteiger partial charge is 0.405 e. The van der Waals surface area contributed by atoms with Gasteiger partial charge in [0.05, 0.1) is 6.10 Å². The number of halogens is 3. The van der Waals surface area contributed by atoms with E-state index >= 15 is 0 Å². The van der Waals surface area contributed by atoms with E-state index in [9.17, 15) is 23.1 Å². The quantitative estimate of drug-likeness (QED) is 0.713. The number of rotatable bonds is 3. The standard InChI is InChI=1S/C10H17F3N2O2/c11-10(12,13)6-15-9(17)14-5-7-3-1-2-4-8(7)16/h7-8,16H,1-6H2,(H2,14,15,17). The number of alkyl halides is 3. The molecule has 1 fully saturated rings. The average molecular weight is 254 g/mol. The summed E-state index contributed by atoms with van der Waals surface area (Å²) in [7, 11) is 0. The lowest BCUT2D eigenvalue weighted by Crippen LogP contribution is -2.44. The van der Waals surface area contributed by atoms with Crippen molar-refractivity contribution in [3.05, 3.63) is 0 Å². The molecule has 1 aliphatic rings. The maximum Gasteiger partial charge on any atom is 0.405 e. The zero-order chi connectivity index (χ0) is 12.9. The van der Waals surface area contributed by atoms with E-state index in [1.807, 2.05) is 0 Å². The Labute approximate surface area is 97.6 Å². The van der Waals surface area contributed by atoms with Gasteiger partial charge in [-0.15, -0.1) is 0 Å². The molecule has 2 atom stereocenters. The van der Waals surface area contributed by atoms with Gasteiger partial charge in [0.25, 0.3) is 0 Å². The second-order valence-electron chi connectivity index (χ2n) is 4.29. The first-order valence-corrected chi connectivity index (χ1v) is 5.65. The Morgan fingerprint density at radius 1 is 1.24 bits per heavy atom. The molecule has 0 heterocycles. The molecule has 1 saturated carbocycles. The lowest BCUT2D eigenvalue weighted by atomic mass is 9.86. The van der Waals surface area contributed by atoms with E-state index in [-0.39, 0.29) is 12.5 Å². The first-order valence-electron chi connectivity index (χ1n) is 5.65. The molecule has 0 aromatic heterocycles. The van der Waals surface area contributed by atoms with Crippen molar-refractivity contribution in [1.82, 2.24) is 10.6 Å². The highest BCUT2D eigenvalue weighted by molar-refractivity contribution is 5.73. The minimum Gasteiger partial charge on any atom is -0.393 e. The SMILES string of the molecule is O=C(NCC1CCCCC1O)NCC(F)(F)F. The van der Waals surface area contributed by atoms with Crippen LogP contribution in [0.15, 0.2) is 0 Å². The molecule has 3 N–H and O–H groups in total. The third-order valence-corrected chi connectivity index (χ3v) is 2.84. The first-order chi connectivity index (χ1) is 7.88. The van der Waals surface area contributed by atoms with Crippen molar-refractivity contribution in [2.24, 2.45) is 5.92 Å². The lowest BCUT2D eigenvalue weighted by Gasteiger charge is -2.27. The van der Waals surface area contributed by atoms with Crippen molar-refractivity contribution in [1.29, 1.82) is 0 Å². The number of carbonyl (C=O) groups excluding carboxylic acids is 1. The summed E-state index contributed by atoms with van der Waals surface area (Å²) in [4.78, 5) is 11.0. The Kier molecular flexibility index (Phi) is 5.04. The Balaban J connectivity index is 2.19. The normalized spacial score (nSPS) is 25.4. The molecule has 17 heavy (non-hydrogen) atoms. The van der Waals surface area contributed by atoms with Crippen molar-refractivity contribution in [3.8, 4) is 0 Å².